The molecule has 1 rings (SSSR count). The third-order valence-corrected chi connectivity index (χ3v) is 2.14. The molecule has 0 aliphatic carbocycles. The van der Waals surface area contributed by atoms with E-state index in [9.17, 15) is 0 Å². The van der Waals surface area contributed by atoms with Crippen LogP contribution in [0.5, 0.6) is 0 Å². The van der Waals surface area contributed by atoms with E-state index in [0.717, 1.165) is 6.04 Å². The number of rotatable bonds is 2. The quantitative estimate of drug-likeness (QED) is 0.580. The zero-order chi connectivity index (χ0) is 6.53. The first-order chi connectivity index (χ1) is 4.43. The van der Waals surface area contributed by atoms with Gasteiger partial charge in [-0.05, 0) is 11.6 Å². The summed E-state index contributed by atoms with van der Waals surface area (Å²) in [6.07, 6.45) is 0. The van der Waals surface area contributed by atoms with Gasteiger partial charge in [0.1, 0.15) is 0 Å². The van der Waals surface area contributed by atoms with Crippen LogP contribution in [0.4, 0.5) is 0 Å². The fourth-order valence-corrected chi connectivity index (χ4v) is 1.48. The molecule has 0 unspecified atom stereocenters. The predicted octanol–water partition coefficient (Wildman–Crippen LogP) is 0.229. The van der Waals surface area contributed by atoms with Gasteiger partial charge in [0.2, 0.25) is 0 Å². The average molecular weight is 137 g/mol. The van der Waals surface area contributed by atoms with Gasteiger partial charge in [0, 0.05) is 0 Å². The minimum atomic E-state index is -0.284. The highest BCUT2D eigenvalue weighted by atomic mass is 28.2. The van der Waals surface area contributed by atoms with Crippen LogP contribution in [0.2, 0.25) is 0 Å². The van der Waals surface area contributed by atoms with Crippen LogP contribution in [0, 0.1) is 0 Å². The maximum atomic E-state index is 5.50. The molecule has 0 fully saturated rings. The summed E-state index contributed by atoms with van der Waals surface area (Å²) >= 11 is 0. The maximum Gasteiger partial charge on any atom is 0.0932 e. The molecule has 9 heavy (non-hydrogen) atoms. The van der Waals surface area contributed by atoms with Crippen LogP contribution in [-0.4, -0.2) is 9.68 Å². The molecule has 0 aliphatic rings. The average Bonchev–Trinajstić information content (AvgIpc) is 1.91. The van der Waals surface area contributed by atoms with E-state index in [1.165, 1.54) is 5.56 Å². The fraction of sp³-hybridized carbons (Fsp3) is 0.143. The van der Waals surface area contributed by atoms with Gasteiger partial charge < -0.3 is 5.40 Å². The lowest BCUT2D eigenvalue weighted by molar-refractivity contribution is 1.37. The van der Waals surface area contributed by atoms with Crippen molar-refractivity contribution in [1.82, 2.24) is 0 Å². The largest absolute Gasteiger partial charge is 0.355 e. The van der Waals surface area contributed by atoms with Gasteiger partial charge in [-0.3, -0.25) is 0 Å². The zero-order valence-electron chi connectivity index (χ0n) is 5.38. The summed E-state index contributed by atoms with van der Waals surface area (Å²) in [5, 5.41) is 5.50. The van der Waals surface area contributed by atoms with Gasteiger partial charge in [0.05, 0.1) is 9.68 Å². The fourth-order valence-electron chi connectivity index (χ4n) is 0.811. The van der Waals surface area contributed by atoms with Crippen LogP contribution in [0.25, 0.3) is 0 Å². The van der Waals surface area contributed by atoms with Crippen molar-refractivity contribution >= 4 is 9.68 Å². The highest BCUT2D eigenvalue weighted by Gasteiger charge is 1.85. The Kier molecular flexibility index (Phi) is 2.48. The molecule has 0 saturated carbocycles. The Hall–Kier alpha value is -0.603. The molecule has 2 N–H and O–H groups in total. The van der Waals surface area contributed by atoms with Crippen molar-refractivity contribution < 1.29 is 0 Å². The van der Waals surface area contributed by atoms with E-state index < -0.39 is 0 Å². The van der Waals surface area contributed by atoms with Gasteiger partial charge in [-0.2, -0.15) is 0 Å². The monoisotopic (exact) mass is 137 g/mol. The van der Waals surface area contributed by atoms with Crippen molar-refractivity contribution in [3.05, 3.63) is 35.9 Å². The summed E-state index contributed by atoms with van der Waals surface area (Å²) in [7, 11) is -0.284. The van der Waals surface area contributed by atoms with Crippen molar-refractivity contribution in [2.75, 3.05) is 0 Å². The van der Waals surface area contributed by atoms with Gasteiger partial charge >= 0.3 is 0 Å². The molecule has 0 bridgehead atoms. The first-order valence-corrected chi connectivity index (χ1v) is 4.99. The van der Waals surface area contributed by atoms with E-state index in [-0.39, 0.29) is 9.68 Å². The molecule has 2 heteroatoms. The summed E-state index contributed by atoms with van der Waals surface area (Å²) in [5.41, 5.74) is 1.38. The molecule has 0 aliphatic heterocycles. The molecule has 0 heterocycles. The third-order valence-electron chi connectivity index (χ3n) is 1.28. The normalized spacial score (nSPS) is 10.8. The molecule has 1 aromatic rings. The second-order valence-corrected chi connectivity index (χ2v) is 3.10. The van der Waals surface area contributed by atoms with E-state index in [2.05, 4.69) is 24.3 Å². The summed E-state index contributed by atoms with van der Waals surface area (Å²) in [6.45, 7) is 0. The number of hydrogen-bond donors (Lipinski definition) is 1. The summed E-state index contributed by atoms with van der Waals surface area (Å²) in [4.78, 5) is 0. The van der Waals surface area contributed by atoms with E-state index in [0.29, 0.717) is 0 Å². The summed E-state index contributed by atoms with van der Waals surface area (Å²) in [5.74, 6) is 0. The maximum absolute atomic E-state index is 5.50. The molecule has 0 aromatic heterocycles. The lowest BCUT2D eigenvalue weighted by atomic mass is 10.2. The lowest BCUT2D eigenvalue weighted by Gasteiger charge is -1.93. The van der Waals surface area contributed by atoms with E-state index in [4.69, 9.17) is 5.40 Å². The second-order valence-electron chi connectivity index (χ2n) is 2.02. The standard InChI is InChI=1S/C7H11NSi/c8-9-6-7-4-2-1-3-5-7/h1-5H,6,8-9H2. The minimum absolute atomic E-state index is 0.284. The van der Waals surface area contributed by atoms with Gasteiger partial charge in [-0.15, -0.1) is 0 Å². The van der Waals surface area contributed by atoms with E-state index in [1.54, 1.807) is 0 Å². The Morgan fingerprint density at radius 3 is 2.44 bits per heavy atom. The van der Waals surface area contributed by atoms with Crippen molar-refractivity contribution in [3.8, 4) is 0 Å². The van der Waals surface area contributed by atoms with Gasteiger partial charge in [0.25, 0.3) is 0 Å². The van der Waals surface area contributed by atoms with Crippen molar-refractivity contribution in [3.63, 3.8) is 0 Å². The molecule has 48 valence electrons. The van der Waals surface area contributed by atoms with Crippen molar-refractivity contribution in [2.24, 2.45) is 5.40 Å². The summed E-state index contributed by atoms with van der Waals surface area (Å²) < 4.78 is 0. The Balaban J connectivity index is 2.61. The summed E-state index contributed by atoms with van der Waals surface area (Å²) in [6, 6.07) is 11.5. The Morgan fingerprint density at radius 1 is 1.22 bits per heavy atom. The molecule has 1 nitrogen and oxygen atoms in total. The molecule has 0 amide bonds. The first-order valence-electron chi connectivity index (χ1n) is 3.17. The third kappa shape index (κ3) is 1.99. The molecule has 1 aromatic carbocycles. The van der Waals surface area contributed by atoms with Gasteiger partial charge in [-0.1, -0.05) is 30.3 Å². The molecule has 0 atom stereocenters. The topological polar surface area (TPSA) is 26.0 Å². The van der Waals surface area contributed by atoms with Crippen LogP contribution in [-0.2, 0) is 6.04 Å². The number of benzene rings is 1. The number of nitrogens with two attached hydrogens (primary N) is 1. The smallest absolute Gasteiger partial charge is 0.0932 e. The lowest BCUT2D eigenvalue weighted by Crippen LogP contribution is -2.07. The van der Waals surface area contributed by atoms with Gasteiger partial charge in [0.15, 0.2) is 0 Å². The molecule has 0 spiro atoms. The molecular formula is C7H11NSi. The Morgan fingerprint density at radius 2 is 1.89 bits per heavy atom. The van der Waals surface area contributed by atoms with E-state index >= 15 is 0 Å². The van der Waals surface area contributed by atoms with Crippen LogP contribution >= 0.6 is 0 Å². The van der Waals surface area contributed by atoms with Crippen LogP contribution in [0.15, 0.2) is 30.3 Å². The Bertz CT molecular complexity index is 162. The highest BCUT2D eigenvalue weighted by Crippen LogP contribution is 1.96. The molecule has 0 saturated heterocycles. The van der Waals surface area contributed by atoms with Crippen molar-refractivity contribution in [2.45, 2.75) is 6.04 Å². The first kappa shape index (κ1) is 6.52. The van der Waals surface area contributed by atoms with Crippen molar-refractivity contribution in [1.29, 1.82) is 0 Å². The highest BCUT2D eigenvalue weighted by molar-refractivity contribution is 6.30. The van der Waals surface area contributed by atoms with Gasteiger partial charge in [-0.25, -0.2) is 0 Å². The SMILES string of the molecule is N[SiH2]Cc1ccccc1. The predicted molar refractivity (Wildman–Crippen MR) is 42.9 cm³/mol. The van der Waals surface area contributed by atoms with Crippen LogP contribution in [0.1, 0.15) is 5.56 Å². The molecule has 0 radical (unpaired) electrons. The Labute approximate surface area is 57.8 Å². The van der Waals surface area contributed by atoms with E-state index in [1.807, 2.05) is 6.07 Å². The number of hydrogen-bond acceptors (Lipinski definition) is 1. The van der Waals surface area contributed by atoms with Crippen LogP contribution in [0.3, 0.4) is 0 Å². The second kappa shape index (κ2) is 3.43. The van der Waals surface area contributed by atoms with Crippen LogP contribution < -0.4 is 5.40 Å². The zero-order valence-corrected chi connectivity index (χ0v) is 6.79. The minimum Gasteiger partial charge on any atom is -0.355 e. The molecular weight excluding hydrogens is 126 g/mol.